The van der Waals surface area contributed by atoms with Crippen LogP contribution >= 0.6 is 11.6 Å². The zero-order valence-electron chi connectivity index (χ0n) is 11.0. The van der Waals surface area contributed by atoms with Gasteiger partial charge in [-0.25, -0.2) is 9.78 Å². The molecule has 1 spiro atoms. The SMILES string of the molecule is COC(=O)NC1CCC2(OCCO2)c2c1ccnc2Cl. The third-order valence-corrected chi connectivity index (χ3v) is 3.97. The van der Waals surface area contributed by atoms with Crippen LogP contribution in [0.15, 0.2) is 12.3 Å². The molecule has 1 unspecified atom stereocenters. The lowest BCUT2D eigenvalue weighted by atomic mass is 9.84. The number of nitrogens with one attached hydrogen (secondary N) is 1. The molecule has 1 atom stereocenters. The summed E-state index contributed by atoms with van der Waals surface area (Å²) < 4.78 is 16.2. The van der Waals surface area contributed by atoms with Crippen LogP contribution in [-0.4, -0.2) is 31.4 Å². The number of alkyl carbamates (subject to hydrolysis) is 1. The van der Waals surface area contributed by atoms with Gasteiger partial charge in [-0.05, 0) is 18.1 Å². The summed E-state index contributed by atoms with van der Waals surface area (Å²) in [5, 5.41) is 3.15. The van der Waals surface area contributed by atoms with Gasteiger partial charge in [0.2, 0.25) is 0 Å². The zero-order chi connectivity index (χ0) is 14.2. The minimum atomic E-state index is -0.824. The number of hydrogen-bond donors (Lipinski definition) is 1. The Kier molecular flexibility index (Phi) is 3.54. The first kappa shape index (κ1) is 13.6. The Bertz CT molecular complexity index is 531. The van der Waals surface area contributed by atoms with Crippen molar-refractivity contribution in [2.24, 2.45) is 0 Å². The summed E-state index contributed by atoms with van der Waals surface area (Å²) in [4.78, 5) is 15.5. The molecule has 0 saturated carbocycles. The average molecular weight is 299 g/mol. The van der Waals surface area contributed by atoms with Gasteiger partial charge in [0, 0.05) is 12.6 Å². The van der Waals surface area contributed by atoms with Crippen molar-refractivity contribution in [1.29, 1.82) is 0 Å². The predicted octanol–water partition coefficient (Wildman–Crippen LogP) is 2.13. The normalized spacial score (nSPS) is 23.4. The number of nitrogens with zero attached hydrogens (tertiary/aromatic N) is 1. The quantitative estimate of drug-likeness (QED) is 0.804. The summed E-state index contributed by atoms with van der Waals surface area (Å²) in [6.07, 6.45) is 2.43. The minimum Gasteiger partial charge on any atom is -0.453 e. The van der Waals surface area contributed by atoms with E-state index in [0.717, 1.165) is 5.56 Å². The number of rotatable bonds is 1. The summed E-state index contributed by atoms with van der Waals surface area (Å²) >= 11 is 6.23. The number of amides is 1. The molecule has 1 aromatic heterocycles. The topological polar surface area (TPSA) is 69.7 Å². The van der Waals surface area contributed by atoms with Crippen LogP contribution in [0.5, 0.6) is 0 Å². The van der Waals surface area contributed by atoms with Crippen molar-refractivity contribution in [2.75, 3.05) is 20.3 Å². The molecule has 1 amide bonds. The summed E-state index contributed by atoms with van der Waals surface area (Å²) in [6.45, 7) is 1.06. The Hall–Kier alpha value is -1.37. The van der Waals surface area contributed by atoms with Crippen molar-refractivity contribution >= 4 is 17.7 Å². The summed E-state index contributed by atoms with van der Waals surface area (Å²) in [7, 11) is 1.34. The second kappa shape index (κ2) is 5.20. The highest BCUT2D eigenvalue weighted by molar-refractivity contribution is 6.30. The molecule has 1 aliphatic carbocycles. The number of methoxy groups -OCH3 is 1. The number of aromatic nitrogens is 1. The lowest BCUT2D eigenvalue weighted by Crippen LogP contribution is -2.39. The fraction of sp³-hybridized carbons (Fsp3) is 0.538. The molecule has 1 N–H and O–H groups in total. The average Bonchev–Trinajstić information content (AvgIpc) is 2.91. The van der Waals surface area contributed by atoms with E-state index in [1.54, 1.807) is 6.20 Å². The first-order chi connectivity index (χ1) is 9.66. The molecule has 3 rings (SSSR count). The van der Waals surface area contributed by atoms with Crippen molar-refractivity contribution in [1.82, 2.24) is 10.3 Å². The Morgan fingerprint density at radius 2 is 2.30 bits per heavy atom. The molecule has 2 heterocycles. The van der Waals surface area contributed by atoms with Crippen LogP contribution < -0.4 is 5.32 Å². The van der Waals surface area contributed by atoms with E-state index in [1.165, 1.54) is 7.11 Å². The molecule has 7 heteroatoms. The van der Waals surface area contributed by atoms with E-state index in [4.69, 9.17) is 21.1 Å². The van der Waals surface area contributed by atoms with Gasteiger partial charge < -0.3 is 19.5 Å². The second-order valence-corrected chi connectivity index (χ2v) is 5.10. The molecule has 0 aromatic carbocycles. The number of halogens is 1. The van der Waals surface area contributed by atoms with Crippen molar-refractivity contribution in [3.63, 3.8) is 0 Å². The van der Waals surface area contributed by atoms with Crippen LogP contribution in [0, 0.1) is 0 Å². The van der Waals surface area contributed by atoms with Crippen LogP contribution in [-0.2, 0) is 20.0 Å². The highest BCUT2D eigenvalue weighted by Crippen LogP contribution is 2.47. The monoisotopic (exact) mass is 298 g/mol. The van der Waals surface area contributed by atoms with Gasteiger partial charge in [-0.3, -0.25) is 0 Å². The molecule has 108 valence electrons. The molecule has 0 radical (unpaired) electrons. The van der Waals surface area contributed by atoms with Crippen molar-refractivity contribution in [2.45, 2.75) is 24.7 Å². The molecule has 20 heavy (non-hydrogen) atoms. The minimum absolute atomic E-state index is 0.184. The standard InChI is InChI=1S/C13H15ClN2O4/c1-18-12(17)16-9-2-4-13(19-6-7-20-13)10-8(9)3-5-15-11(10)14/h3,5,9H,2,4,6-7H2,1H3,(H,16,17). The van der Waals surface area contributed by atoms with Gasteiger partial charge in [-0.15, -0.1) is 0 Å². The van der Waals surface area contributed by atoms with Crippen LogP contribution in [0.25, 0.3) is 0 Å². The first-order valence-corrected chi connectivity index (χ1v) is 6.81. The highest BCUT2D eigenvalue weighted by atomic mass is 35.5. The maximum atomic E-state index is 11.4. The molecular weight excluding hydrogens is 284 g/mol. The van der Waals surface area contributed by atoms with Gasteiger partial charge in [-0.1, -0.05) is 11.6 Å². The number of carbonyl (C=O) groups excluding carboxylic acids is 1. The van der Waals surface area contributed by atoms with Crippen LogP contribution in [0.2, 0.25) is 5.15 Å². The zero-order valence-corrected chi connectivity index (χ0v) is 11.8. The molecule has 0 bridgehead atoms. The third kappa shape index (κ3) is 2.13. The summed E-state index contributed by atoms with van der Waals surface area (Å²) in [5.74, 6) is -0.824. The van der Waals surface area contributed by atoms with E-state index in [9.17, 15) is 4.79 Å². The van der Waals surface area contributed by atoms with Crippen LogP contribution in [0.4, 0.5) is 4.79 Å². The third-order valence-electron chi connectivity index (χ3n) is 3.69. The van der Waals surface area contributed by atoms with Crippen LogP contribution in [0.3, 0.4) is 0 Å². The van der Waals surface area contributed by atoms with E-state index in [0.29, 0.717) is 36.8 Å². The molecule has 6 nitrogen and oxygen atoms in total. The number of hydrogen-bond acceptors (Lipinski definition) is 5. The molecule has 1 aliphatic heterocycles. The summed E-state index contributed by atoms with van der Waals surface area (Å²) in [5.41, 5.74) is 1.58. The number of pyridine rings is 1. The molecule has 1 aromatic rings. The highest BCUT2D eigenvalue weighted by Gasteiger charge is 2.47. The van der Waals surface area contributed by atoms with Gasteiger partial charge in [0.05, 0.1) is 31.9 Å². The maximum absolute atomic E-state index is 11.4. The van der Waals surface area contributed by atoms with Crippen molar-refractivity contribution in [3.05, 3.63) is 28.5 Å². The Labute approximate surface area is 121 Å². The van der Waals surface area contributed by atoms with Gasteiger partial charge in [0.15, 0.2) is 5.79 Å². The molecule has 1 fully saturated rings. The van der Waals surface area contributed by atoms with Gasteiger partial charge in [0.25, 0.3) is 0 Å². The van der Waals surface area contributed by atoms with E-state index in [2.05, 4.69) is 15.0 Å². The van der Waals surface area contributed by atoms with Gasteiger partial charge >= 0.3 is 6.09 Å². The van der Waals surface area contributed by atoms with Gasteiger partial charge in [-0.2, -0.15) is 0 Å². The fourth-order valence-corrected chi connectivity index (χ4v) is 3.14. The Morgan fingerprint density at radius 1 is 1.55 bits per heavy atom. The van der Waals surface area contributed by atoms with Crippen molar-refractivity contribution in [3.8, 4) is 0 Å². The Morgan fingerprint density at radius 3 is 3.00 bits per heavy atom. The van der Waals surface area contributed by atoms with E-state index < -0.39 is 11.9 Å². The van der Waals surface area contributed by atoms with E-state index in [-0.39, 0.29) is 6.04 Å². The lowest BCUT2D eigenvalue weighted by Gasteiger charge is -2.37. The molecule has 2 aliphatic rings. The Balaban J connectivity index is 2.01. The van der Waals surface area contributed by atoms with Crippen molar-refractivity contribution < 1.29 is 19.0 Å². The maximum Gasteiger partial charge on any atom is 0.407 e. The van der Waals surface area contributed by atoms with E-state index in [1.807, 2.05) is 6.07 Å². The van der Waals surface area contributed by atoms with Crippen LogP contribution in [0.1, 0.15) is 30.0 Å². The predicted molar refractivity (Wildman–Crippen MR) is 70.3 cm³/mol. The lowest BCUT2D eigenvalue weighted by molar-refractivity contribution is -0.177. The first-order valence-electron chi connectivity index (χ1n) is 6.43. The number of fused-ring (bicyclic) bond motifs is 2. The summed E-state index contributed by atoms with van der Waals surface area (Å²) in [6, 6.07) is 1.64. The molecule has 1 saturated heterocycles. The smallest absolute Gasteiger partial charge is 0.407 e. The molecular formula is C13H15ClN2O4. The number of carbonyl (C=O) groups is 1. The second-order valence-electron chi connectivity index (χ2n) is 4.74. The number of ether oxygens (including phenoxy) is 3. The largest absolute Gasteiger partial charge is 0.453 e. The van der Waals surface area contributed by atoms with Gasteiger partial charge in [0.1, 0.15) is 5.15 Å². The fourth-order valence-electron chi connectivity index (χ4n) is 2.83. The van der Waals surface area contributed by atoms with E-state index >= 15 is 0 Å².